The Balaban J connectivity index is 1.67. The maximum atomic E-state index is 9.62. The van der Waals surface area contributed by atoms with E-state index in [1.807, 2.05) is 30.6 Å². The average molecular weight is 272 g/mol. The smallest absolute Gasteiger partial charge is 0.128 e. The topological polar surface area (TPSA) is 65.0 Å². The van der Waals surface area contributed by atoms with Gasteiger partial charge < -0.3 is 15.0 Å². The summed E-state index contributed by atoms with van der Waals surface area (Å²) in [7, 11) is 0. The molecule has 0 spiro atoms. The Morgan fingerprint density at radius 3 is 2.80 bits per heavy atom. The molecule has 1 aliphatic heterocycles. The van der Waals surface area contributed by atoms with Gasteiger partial charge in [-0.25, -0.2) is 9.97 Å². The number of aromatic nitrogens is 3. The predicted octanol–water partition coefficient (Wildman–Crippen LogP) is 2.24. The average Bonchev–Trinajstić information content (AvgIpc) is 3.02. The number of hydrogen-bond donors (Lipinski definition) is 2. The van der Waals surface area contributed by atoms with E-state index in [0.29, 0.717) is 5.92 Å². The van der Waals surface area contributed by atoms with Crippen LogP contribution in [0, 0.1) is 0 Å². The quantitative estimate of drug-likeness (QED) is 0.899. The molecule has 1 fully saturated rings. The summed E-state index contributed by atoms with van der Waals surface area (Å²) in [5.41, 5.74) is 0.732. The lowest BCUT2D eigenvalue weighted by molar-refractivity contribution is 0.194. The molecule has 0 aliphatic carbocycles. The van der Waals surface area contributed by atoms with Gasteiger partial charge in [0.05, 0.1) is 11.8 Å². The highest BCUT2D eigenvalue weighted by atomic mass is 16.3. The summed E-state index contributed by atoms with van der Waals surface area (Å²) >= 11 is 0. The molecule has 3 heterocycles. The monoisotopic (exact) mass is 272 g/mol. The van der Waals surface area contributed by atoms with Crippen LogP contribution in [-0.4, -0.2) is 33.1 Å². The van der Waals surface area contributed by atoms with Gasteiger partial charge in [0.2, 0.25) is 0 Å². The molecule has 106 valence electrons. The van der Waals surface area contributed by atoms with E-state index in [0.717, 1.165) is 43.3 Å². The summed E-state index contributed by atoms with van der Waals surface area (Å²) in [6, 6.07) is 5.84. The molecule has 2 aromatic heterocycles. The number of H-pyrrole nitrogens is 1. The zero-order valence-electron chi connectivity index (χ0n) is 11.7. The van der Waals surface area contributed by atoms with E-state index in [1.54, 1.807) is 6.92 Å². The number of nitrogens with zero attached hydrogens (tertiary/aromatic N) is 3. The van der Waals surface area contributed by atoms with Gasteiger partial charge in [-0.1, -0.05) is 6.07 Å². The number of hydrogen-bond acceptors (Lipinski definition) is 4. The lowest BCUT2D eigenvalue weighted by Crippen LogP contribution is -2.33. The predicted molar refractivity (Wildman–Crippen MR) is 77.6 cm³/mol. The van der Waals surface area contributed by atoms with Gasteiger partial charge in [-0.05, 0) is 31.9 Å². The molecule has 5 nitrogen and oxygen atoms in total. The highest BCUT2D eigenvalue weighted by Gasteiger charge is 2.23. The summed E-state index contributed by atoms with van der Waals surface area (Å²) in [5.74, 6) is 2.57. The Kier molecular flexibility index (Phi) is 3.69. The third kappa shape index (κ3) is 2.67. The van der Waals surface area contributed by atoms with Crippen molar-refractivity contribution in [2.24, 2.45) is 0 Å². The number of imidazole rings is 1. The van der Waals surface area contributed by atoms with Crippen molar-refractivity contribution < 1.29 is 5.11 Å². The first-order valence-electron chi connectivity index (χ1n) is 7.13. The molecule has 0 saturated carbocycles. The van der Waals surface area contributed by atoms with E-state index in [1.165, 1.54) is 0 Å². The number of anilines is 1. The largest absolute Gasteiger partial charge is 0.387 e. The summed E-state index contributed by atoms with van der Waals surface area (Å²) in [6.45, 7) is 3.69. The Morgan fingerprint density at radius 2 is 2.15 bits per heavy atom. The van der Waals surface area contributed by atoms with Crippen molar-refractivity contribution in [3.63, 3.8) is 0 Å². The van der Waals surface area contributed by atoms with E-state index in [2.05, 4.69) is 19.9 Å². The molecule has 0 bridgehead atoms. The first kappa shape index (κ1) is 13.1. The summed E-state index contributed by atoms with van der Waals surface area (Å²) < 4.78 is 0. The molecule has 2 N–H and O–H groups in total. The van der Waals surface area contributed by atoms with Crippen molar-refractivity contribution in [3.8, 4) is 0 Å². The van der Waals surface area contributed by atoms with Gasteiger partial charge in [-0.2, -0.15) is 0 Å². The minimum atomic E-state index is -0.518. The van der Waals surface area contributed by atoms with Crippen molar-refractivity contribution in [1.82, 2.24) is 15.0 Å². The molecule has 5 heteroatoms. The Bertz CT molecular complexity index is 545. The number of aliphatic hydroxyl groups is 1. The molecule has 3 rings (SSSR count). The number of aliphatic hydroxyl groups excluding tert-OH is 1. The van der Waals surface area contributed by atoms with Crippen LogP contribution in [0.2, 0.25) is 0 Å². The molecule has 1 aliphatic rings. The Labute approximate surface area is 118 Å². The van der Waals surface area contributed by atoms with E-state index in [4.69, 9.17) is 0 Å². The van der Waals surface area contributed by atoms with Crippen LogP contribution in [-0.2, 0) is 0 Å². The Morgan fingerprint density at radius 1 is 1.35 bits per heavy atom. The van der Waals surface area contributed by atoms with Crippen molar-refractivity contribution in [2.75, 3.05) is 18.0 Å². The van der Waals surface area contributed by atoms with Gasteiger partial charge in [0.1, 0.15) is 11.6 Å². The van der Waals surface area contributed by atoms with Gasteiger partial charge in [0, 0.05) is 31.4 Å². The van der Waals surface area contributed by atoms with Crippen molar-refractivity contribution in [2.45, 2.75) is 31.8 Å². The fourth-order valence-electron chi connectivity index (χ4n) is 2.73. The van der Waals surface area contributed by atoms with Gasteiger partial charge in [0.25, 0.3) is 0 Å². The molecular weight excluding hydrogens is 252 g/mol. The summed E-state index contributed by atoms with van der Waals surface area (Å²) in [4.78, 5) is 14.4. The first-order chi connectivity index (χ1) is 9.74. The highest BCUT2D eigenvalue weighted by Crippen LogP contribution is 2.28. The standard InChI is InChI=1S/C15H20N4O/c1-11(20)13-3-2-4-14(18-13)19-9-5-12(6-10-19)15-16-7-8-17-15/h2-4,7-8,11-12,20H,5-6,9-10H2,1H3,(H,16,17). The minimum absolute atomic E-state index is 0.515. The van der Waals surface area contributed by atoms with E-state index >= 15 is 0 Å². The summed E-state index contributed by atoms with van der Waals surface area (Å²) in [6.07, 6.45) is 5.34. The normalized spacial score (nSPS) is 18.2. The maximum absolute atomic E-state index is 9.62. The minimum Gasteiger partial charge on any atom is -0.387 e. The zero-order valence-corrected chi connectivity index (χ0v) is 11.7. The van der Waals surface area contributed by atoms with Crippen LogP contribution in [0.25, 0.3) is 0 Å². The van der Waals surface area contributed by atoms with Crippen molar-refractivity contribution >= 4 is 5.82 Å². The fraction of sp³-hybridized carbons (Fsp3) is 0.467. The van der Waals surface area contributed by atoms with E-state index < -0.39 is 6.10 Å². The number of pyridine rings is 1. The first-order valence-corrected chi connectivity index (χ1v) is 7.13. The number of piperidine rings is 1. The van der Waals surface area contributed by atoms with Crippen LogP contribution in [0.15, 0.2) is 30.6 Å². The van der Waals surface area contributed by atoms with Crippen LogP contribution >= 0.6 is 0 Å². The second-order valence-electron chi connectivity index (χ2n) is 5.33. The summed E-state index contributed by atoms with van der Waals surface area (Å²) in [5, 5.41) is 9.62. The molecule has 0 amide bonds. The van der Waals surface area contributed by atoms with Gasteiger partial charge in [-0.3, -0.25) is 0 Å². The Hall–Kier alpha value is -1.88. The lowest BCUT2D eigenvalue weighted by Gasteiger charge is -2.32. The van der Waals surface area contributed by atoms with Crippen LogP contribution in [0.1, 0.15) is 43.3 Å². The number of nitrogens with one attached hydrogen (secondary N) is 1. The SMILES string of the molecule is CC(O)c1cccc(N2CCC(c3ncc[nH]3)CC2)n1. The number of aromatic amines is 1. The zero-order chi connectivity index (χ0) is 13.9. The van der Waals surface area contributed by atoms with Crippen LogP contribution < -0.4 is 4.90 Å². The van der Waals surface area contributed by atoms with Gasteiger partial charge in [0.15, 0.2) is 0 Å². The second-order valence-corrected chi connectivity index (χ2v) is 5.33. The van der Waals surface area contributed by atoms with Crippen LogP contribution in [0.4, 0.5) is 5.82 Å². The molecule has 20 heavy (non-hydrogen) atoms. The van der Waals surface area contributed by atoms with Crippen LogP contribution in [0.3, 0.4) is 0 Å². The second kappa shape index (κ2) is 5.63. The molecule has 2 aromatic rings. The molecular formula is C15H20N4O. The highest BCUT2D eigenvalue weighted by molar-refractivity contribution is 5.40. The van der Waals surface area contributed by atoms with Crippen LogP contribution in [0.5, 0.6) is 0 Å². The molecule has 1 atom stereocenters. The van der Waals surface area contributed by atoms with Gasteiger partial charge >= 0.3 is 0 Å². The van der Waals surface area contributed by atoms with Crippen molar-refractivity contribution in [1.29, 1.82) is 0 Å². The third-order valence-corrected chi connectivity index (χ3v) is 3.91. The van der Waals surface area contributed by atoms with E-state index in [-0.39, 0.29) is 0 Å². The lowest BCUT2D eigenvalue weighted by atomic mass is 9.96. The number of rotatable bonds is 3. The fourth-order valence-corrected chi connectivity index (χ4v) is 2.73. The van der Waals surface area contributed by atoms with Gasteiger partial charge in [-0.15, -0.1) is 0 Å². The molecule has 0 aromatic carbocycles. The third-order valence-electron chi connectivity index (χ3n) is 3.91. The molecule has 1 unspecified atom stereocenters. The molecule has 0 radical (unpaired) electrons. The van der Waals surface area contributed by atoms with Crippen molar-refractivity contribution in [3.05, 3.63) is 42.1 Å². The maximum Gasteiger partial charge on any atom is 0.128 e. The molecule has 1 saturated heterocycles. The van der Waals surface area contributed by atoms with E-state index in [9.17, 15) is 5.11 Å².